The smallest absolute Gasteiger partial charge is 0.273 e. The van der Waals surface area contributed by atoms with E-state index in [-0.39, 0.29) is 35.6 Å². The summed E-state index contributed by atoms with van der Waals surface area (Å²) >= 11 is 0. The van der Waals surface area contributed by atoms with Crippen LogP contribution in [0.3, 0.4) is 0 Å². The van der Waals surface area contributed by atoms with Gasteiger partial charge in [0.25, 0.3) is 11.6 Å². The van der Waals surface area contributed by atoms with Gasteiger partial charge < -0.3 is 10.1 Å². The van der Waals surface area contributed by atoms with Crippen LogP contribution in [0.25, 0.3) is 0 Å². The predicted octanol–water partition coefficient (Wildman–Crippen LogP) is 1.48. The van der Waals surface area contributed by atoms with E-state index in [1.807, 2.05) is 0 Å². The number of benzene rings is 1. The Morgan fingerprint density at radius 2 is 2.22 bits per heavy atom. The molecule has 1 aliphatic heterocycles. The second-order valence-electron chi connectivity index (χ2n) is 6.26. The molecule has 1 fully saturated rings. The van der Waals surface area contributed by atoms with Crippen LogP contribution >= 0.6 is 0 Å². The van der Waals surface area contributed by atoms with E-state index in [0.717, 1.165) is 0 Å². The highest BCUT2D eigenvalue weighted by atomic mass is 32.2. The van der Waals surface area contributed by atoms with Crippen LogP contribution in [0.4, 0.5) is 11.5 Å². The lowest BCUT2D eigenvalue weighted by molar-refractivity contribution is -0.384. The maximum absolute atomic E-state index is 12.2. The molecular formula is C16H18N4O6S. The lowest BCUT2D eigenvalue weighted by Crippen LogP contribution is -2.23. The van der Waals surface area contributed by atoms with Crippen molar-refractivity contribution in [3.05, 3.63) is 46.1 Å². The topological polar surface area (TPSA) is 133 Å². The van der Waals surface area contributed by atoms with Crippen LogP contribution in [0.5, 0.6) is 5.75 Å². The number of carbonyl (C=O) groups excluding carboxylic acids is 1. The van der Waals surface area contributed by atoms with Gasteiger partial charge in [0.2, 0.25) is 0 Å². The molecular weight excluding hydrogens is 376 g/mol. The van der Waals surface area contributed by atoms with Crippen LogP contribution in [0.15, 0.2) is 30.3 Å². The second kappa shape index (κ2) is 7.35. The van der Waals surface area contributed by atoms with Crippen molar-refractivity contribution in [2.75, 3.05) is 23.4 Å². The summed E-state index contributed by atoms with van der Waals surface area (Å²) in [7, 11) is -3.09. The van der Waals surface area contributed by atoms with E-state index in [1.54, 1.807) is 13.0 Å². The molecule has 27 heavy (non-hydrogen) atoms. The maximum atomic E-state index is 12.2. The molecule has 1 saturated heterocycles. The number of nitrogens with one attached hydrogen (secondary N) is 1. The van der Waals surface area contributed by atoms with Crippen molar-refractivity contribution in [1.82, 2.24) is 9.78 Å². The van der Waals surface area contributed by atoms with Gasteiger partial charge in [-0.3, -0.25) is 14.9 Å². The average Bonchev–Trinajstić information content (AvgIpc) is 3.15. The van der Waals surface area contributed by atoms with Gasteiger partial charge in [0.1, 0.15) is 11.6 Å². The molecule has 11 heteroatoms. The van der Waals surface area contributed by atoms with Gasteiger partial charge in [-0.15, -0.1) is 0 Å². The SMILES string of the molecule is Cc1cc(NC(=O)COc2cccc([N+](=O)[O-])c2)n(C2CCS(=O)(=O)C2)n1. The third-order valence-electron chi connectivity index (χ3n) is 4.08. The first-order valence-electron chi connectivity index (χ1n) is 8.17. The minimum atomic E-state index is -3.09. The molecule has 0 aliphatic carbocycles. The number of rotatable bonds is 6. The quantitative estimate of drug-likeness (QED) is 0.579. The number of hydrogen-bond acceptors (Lipinski definition) is 7. The van der Waals surface area contributed by atoms with Gasteiger partial charge >= 0.3 is 0 Å². The number of amides is 1. The van der Waals surface area contributed by atoms with Gasteiger partial charge in [-0.25, -0.2) is 13.1 Å². The average molecular weight is 394 g/mol. The van der Waals surface area contributed by atoms with E-state index in [2.05, 4.69) is 10.4 Å². The largest absolute Gasteiger partial charge is 0.484 e. The Hall–Kier alpha value is -2.95. The molecule has 1 aromatic heterocycles. The number of hydrogen-bond donors (Lipinski definition) is 1. The first-order valence-corrected chi connectivity index (χ1v) is 9.99. The molecule has 0 bridgehead atoms. The normalized spacial score (nSPS) is 18.2. The van der Waals surface area contributed by atoms with E-state index in [0.29, 0.717) is 17.9 Å². The molecule has 10 nitrogen and oxygen atoms in total. The van der Waals surface area contributed by atoms with Crippen molar-refractivity contribution >= 4 is 27.2 Å². The molecule has 1 atom stereocenters. The number of nitro groups is 1. The fourth-order valence-corrected chi connectivity index (χ4v) is 4.56. The predicted molar refractivity (Wildman–Crippen MR) is 96.5 cm³/mol. The van der Waals surface area contributed by atoms with Gasteiger partial charge in [0, 0.05) is 12.1 Å². The van der Waals surface area contributed by atoms with Crippen LogP contribution in [0, 0.1) is 17.0 Å². The number of nitro benzene ring substituents is 1. The third kappa shape index (κ3) is 4.61. The molecule has 2 aromatic rings. The van der Waals surface area contributed by atoms with Crippen LogP contribution in [0.2, 0.25) is 0 Å². The zero-order valence-electron chi connectivity index (χ0n) is 14.5. The van der Waals surface area contributed by atoms with E-state index in [1.165, 1.54) is 28.9 Å². The number of nitrogens with zero attached hydrogens (tertiary/aromatic N) is 3. The van der Waals surface area contributed by atoms with Crippen molar-refractivity contribution in [3.63, 3.8) is 0 Å². The number of sulfone groups is 1. The number of aryl methyl sites for hydroxylation is 1. The highest BCUT2D eigenvalue weighted by Crippen LogP contribution is 2.27. The molecule has 2 heterocycles. The molecule has 1 N–H and O–H groups in total. The summed E-state index contributed by atoms with van der Waals surface area (Å²) in [6.07, 6.45) is 0.441. The highest BCUT2D eigenvalue weighted by Gasteiger charge is 2.31. The summed E-state index contributed by atoms with van der Waals surface area (Å²) in [5.41, 5.74) is 0.512. The molecule has 0 spiro atoms. The zero-order chi connectivity index (χ0) is 19.6. The highest BCUT2D eigenvalue weighted by molar-refractivity contribution is 7.91. The first-order chi connectivity index (χ1) is 12.7. The van der Waals surface area contributed by atoms with Gasteiger partial charge in [-0.05, 0) is 19.4 Å². The van der Waals surface area contributed by atoms with E-state index < -0.39 is 20.7 Å². The minimum absolute atomic E-state index is 0.0127. The summed E-state index contributed by atoms with van der Waals surface area (Å²) in [5.74, 6) is 0.192. The lowest BCUT2D eigenvalue weighted by atomic mass is 10.3. The molecule has 1 aromatic carbocycles. The summed E-state index contributed by atoms with van der Waals surface area (Å²) in [6, 6.07) is 6.85. The van der Waals surface area contributed by atoms with Crippen molar-refractivity contribution in [2.45, 2.75) is 19.4 Å². The van der Waals surface area contributed by atoms with Crippen LogP contribution in [-0.4, -0.2) is 47.1 Å². The molecule has 1 unspecified atom stereocenters. The first kappa shape index (κ1) is 18.8. The van der Waals surface area contributed by atoms with Gasteiger partial charge in [-0.2, -0.15) is 5.10 Å². The Labute approximate surface area is 155 Å². The Morgan fingerprint density at radius 1 is 1.44 bits per heavy atom. The maximum Gasteiger partial charge on any atom is 0.273 e. The van der Waals surface area contributed by atoms with Crippen LogP contribution < -0.4 is 10.1 Å². The molecule has 3 rings (SSSR count). The van der Waals surface area contributed by atoms with Crippen LogP contribution in [-0.2, 0) is 14.6 Å². The Morgan fingerprint density at radius 3 is 2.89 bits per heavy atom. The van der Waals surface area contributed by atoms with Crippen molar-refractivity contribution in [1.29, 1.82) is 0 Å². The van der Waals surface area contributed by atoms with Crippen molar-refractivity contribution in [2.24, 2.45) is 0 Å². The molecule has 1 amide bonds. The van der Waals surface area contributed by atoms with Gasteiger partial charge in [0.15, 0.2) is 16.4 Å². The molecule has 0 radical (unpaired) electrons. The fourth-order valence-electron chi connectivity index (χ4n) is 2.87. The number of non-ortho nitro benzene ring substituents is 1. The summed E-state index contributed by atoms with van der Waals surface area (Å²) in [6.45, 7) is 1.39. The number of anilines is 1. The fraction of sp³-hybridized carbons (Fsp3) is 0.375. The monoisotopic (exact) mass is 394 g/mol. The summed E-state index contributed by atoms with van der Waals surface area (Å²) < 4.78 is 30.2. The molecule has 144 valence electrons. The Balaban J connectivity index is 1.65. The Kier molecular flexibility index (Phi) is 5.13. The lowest BCUT2D eigenvalue weighted by Gasteiger charge is -2.14. The Bertz CT molecular complexity index is 985. The summed E-state index contributed by atoms with van der Waals surface area (Å²) in [4.78, 5) is 22.4. The third-order valence-corrected chi connectivity index (χ3v) is 5.83. The molecule has 1 aliphatic rings. The standard InChI is InChI=1S/C16H18N4O6S/c1-11-7-15(19(18-11)13-5-6-27(24,25)10-13)17-16(21)9-26-14-4-2-3-12(8-14)20(22)23/h2-4,7-8,13H,5-6,9-10H2,1H3,(H,17,21). The second-order valence-corrected chi connectivity index (χ2v) is 8.49. The van der Waals surface area contributed by atoms with E-state index in [4.69, 9.17) is 4.74 Å². The van der Waals surface area contributed by atoms with Crippen molar-refractivity contribution in [3.8, 4) is 5.75 Å². The molecule has 0 saturated carbocycles. The van der Waals surface area contributed by atoms with Crippen LogP contribution in [0.1, 0.15) is 18.2 Å². The van der Waals surface area contributed by atoms with E-state index in [9.17, 15) is 23.3 Å². The zero-order valence-corrected chi connectivity index (χ0v) is 15.3. The van der Waals surface area contributed by atoms with E-state index >= 15 is 0 Å². The number of ether oxygens (including phenoxy) is 1. The number of aromatic nitrogens is 2. The number of carbonyl (C=O) groups is 1. The van der Waals surface area contributed by atoms with Gasteiger partial charge in [-0.1, -0.05) is 6.07 Å². The van der Waals surface area contributed by atoms with Gasteiger partial charge in [0.05, 0.1) is 34.2 Å². The minimum Gasteiger partial charge on any atom is -0.484 e. The summed E-state index contributed by atoms with van der Waals surface area (Å²) in [5, 5.41) is 17.7. The van der Waals surface area contributed by atoms with Crippen molar-refractivity contribution < 1.29 is 22.9 Å².